The number of aryl methyl sites for hydroxylation is 1. The molecule has 0 atom stereocenters. The average molecular weight is 381 g/mol. The van der Waals surface area contributed by atoms with Crippen LogP contribution >= 0.6 is 11.6 Å². The highest BCUT2D eigenvalue weighted by Crippen LogP contribution is 2.25. The Labute approximate surface area is 153 Å². The van der Waals surface area contributed by atoms with Gasteiger partial charge in [-0.05, 0) is 36.2 Å². The van der Waals surface area contributed by atoms with Crippen molar-refractivity contribution in [3.05, 3.63) is 59.1 Å². The smallest absolute Gasteiger partial charge is 0.240 e. The number of hydrogen-bond acceptors (Lipinski definition) is 3. The Hall–Kier alpha value is -1.89. The summed E-state index contributed by atoms with van der Waals surface area (Å²) in [4.78, 5) is 13.5. The van der Waals surface area contributed by atoms with Crippen molar-refractivity contribution in [2.75, 3.05) is 18.0 Å². The summed E-state index contributed by atoms with van der Waals surface area (Å²) >= 11 is 6.12. The van der Waals surface area contributed by atoms with Crippen molar-refractivity contribution in [2.45, 2.75) is 25.2 Å². The molecule has 0 heterocycles. The first-order valence-corrected chi connectivity index (χ1v) is 9.82. The Morgan fingerprint density at radius 1 is 1.12 bits per heavy atom. The minimum absolute atomic E-state index is 0.0860. The molecule has 5 nitrogen and oxygen atoms in total. The maximum atomic E-state index is 12.3. The van der Waals surface area contributed by atoms with Crippen LogP contribution in [-0.2, 0) is 21.2 Å². The Morgan fingerprint density at radius 2 is 1.76 bits per heavy atom. The molecule has 0 radical (unpaired) electrons. The quantitative estimate of drug-likeness (QED) is 0.801. The number of nitrogens with zero attached hydrogens (tertiary/aromatic N) is 1. The minimum atomic E-state index is -3.62. The van der Waals surface area contributed by atoms with Gasteiger partial charge in [-0.25, -0.2) is 13.1 Å². The van der Waals surface area contributed by atoms with Crippen LogP contribution in [0, 0.1) is 0 Å². The predicted octanol–water partition coefficient (Wildman–Crippen LogP) is 3.23. The third-order valence-corrected chi connectivity index (χ3v) is 5.59. The summed E-state index contributed by atoms with van der Waals surface area (Å²) in [6, 6.07) is 13.7. The molecule has 0 aromatic heterocycles. The Morgan fingerprint density at radius 3 is 2.32 bits per heavy atom. The van der Waals surface area contributed by atoms with E-state index in [1.54, 1.807) is 48.5 Å². The standard InChI is InChI=1S/C18H21ClN2O3S/c1-3-15-8-10-16(11-9-15)25(23,24)20-12-13-21(14(2)22)18-7-5-4-6-17(18)19/h4-11,20H,3,12-13H2,1-2H3. The molecule has 0 fully saturated rings. The molecular weight excluding hydrogens is 360 g/mol. The lowest BCUT2D eigenvalue weighted by Crippen LogP contribution is -2.37. The van der Waals surface area contributed by atoms with E-state index in [9.17, 15) is 13.2 Å². The first-order valence-electron chi connectivity index (χ1n) is 7.96. The number of nitrogens with one attached hydrogen (secondary N) is 1. The average Bonchev–Trinajstić information content (AvgIpc) is 2.59. The zero-order chi connectivity index (χ0) is 18.4. The van der Waals surface area contributed by atoms with Gasteiger partial charge in [0.2, 0.25) is 15.9 Å². The van der Waals surface area contributed by atoms with E-state index in [1.165, 1.54) is 11.8 Å². The van der Waals surface area contributed by atoms with Crippen LogP contribution < -0.4 is 9.62 Å². The van der Waals surface area contributed by atoms with Crippen LogP contribution in [0.5, 0.6) is 0 Å². The van der Waals surface area contributed by atoms with E-state index in [-0.39, 0.29) is 23.9 Å². The summed E-state index contributed by atoms with van der Waals surface area (Å²) in [5.74, 6) is -0.209. The second-order valence-electron chi connectivity index (χ2n) is 5.52. The molecule has 2 rings (SSSR count). The van der Waals surface area contributed by atoms with Crippen molar-refractivity contribution in [1.29, 1.82) is 0 Å². The molecule has 0 aliphatic heterocycles. The van der Waals surface area contributed by atoms with Crippen LogP contribution in [0.25, 0.3) is 0 Å². The highest BCUT2D eigenvalue weighted by molar-refractivity contribution is 7.89. The van der Waals surface area contributed by atoms with E-state index in [0.29, 0.717) is 10.7 Å². The molecule has 0 saturated carbocycles. The third kappa shape index (κ3) is 5.04. The maximum Gasteiger partial charge on any atom is 0.240 e. The molecular formula is C18H21ClN2O3S. The molecule has 0 unspecified atom stereocenters. The number of para-hydroxylation sites is 1. The van der Waals surface area contributed by atoms with Gasteiger partial charge >= 0.3 is 0 Å². The number of carbonyl (C=O) groups is 1. The summed E-state index contributed by atoms with van der Waals surface area (Å²) in [6.07, 6.45) is 0.846. The van der Waals surface area contributed by atoms with Crippen molar-refractivity contribution in [1.82, 2.24) is 4.72 Å². The van der Waals surface area contributed by atoms with Crippen molar-refractivity contribution >= 4 is 33.2 Å². The topological polar surface area (TPSA) is 66.5 Å². The number of anilines is 1. The zero-order valence-corrected chi connectivity index (χ0v) is 15.8. The number of rotatable bonds is 7. The first kappa shape index (κ1) is 19.4. The molecule has 0 bridgehead atoms. The van der Waals surface area contributed by atoms with Crippen LogP contribution in [0.1, 0.15) is 19.4 Å². The highest BCUT2D eigenvalue weighted by Gasteiger charge is 2.17. The SMILES string of the molecule is CCc1ccc(S(=O)(=O)NCCN(C(C)=O)c2ccccc2Cl)cc1. The maximum absolute atomic E-state index is 12.3. The predicted molar refractivity (Wildman–Crippen MR) is 100 cm³/mol. The number of sulfonamides is 1. The molecule has 2 aromatic rings. The van der Waals surface area contributed by atoms with Crippen LogP contribution in [-0.4, -0.2) is 27.4 Å². The third-order valence-electron chi connectivity index (χ3n) is 3.79. The lowest BCUT2D eigenvalue weighted by atomic mass is 10.2. The normalized spacial score (nSPS) is 11.3. The zero-order valence-electron chi connectivity index (χ0n) is 14.2. The molecule has 0 aliphatic carbocycles. The van der Waals surface area contributed by atoms with E-state index >= 15 is 0 Å². The lowest BCUT2D eigenvalue weighted by Gasteiger charge is -2.22. The van der Waals surface area contributed by atoms with Gasteiger partial charge in [0.1, 0.15) is 0 Å². The van der Waals surface area contributed by atoms with Crippen LogP contribution in [0.4, 0.5) is 5.69 Å². The molecule has 134 valence electrons. The lowest BCUT2D eigenvalue weighted by molar-refractivity contribution is -0.116. The van der Waals surface area contributed by atoms with Gasteiger partial charge in [0, 0.05) is 20.0 Å². The van der Waals surface area contributed by atoms with Crippen molar-refractivity contribution in [2.24, 2.45) is 0 Å². The van der Waals surface area contributed by atoms with Gasteiger partial charge in [0.25, 0.3) is 0 Å². The minimum Gasteiger partial charge on any atom is -0.310 e. The van der Waals surface area contributed by atoms with Gasteiger partial charge in [-0.2, -0.15) is 0 Å². The van der Waals surface area contributed by atoms with E-state index in [4.69, 9.17) is 11.6 Å². The van der Waals surface area contributed by atoms with E-state index in [1.807, 2.05) is 6.92 Å². The molecule has 1 amide bonds. The molecule has 25 heavy (non-hydrogen) atoms. The molecule has 2 aromatic carbocycles. The summed E-state index contributed by atoms with van der Waals surface area (Å²) in [7, 11) is -3.62. The first-order chi connectivity index (χ1) is 11.8. The Kier molecular flexibility index (Phi) is 6.58. The molecule has 7 heteroatoms. The van der Waals surface area contributed by atoms with Gasteiger partial charge < -0.3 is 4.90 Å². The fourth-order valence-corrected chi connectivity index (χ4v) is 3.66. The van der Waals surface area contributed by atoms with E-state index in [2.05, 4.69) is 4.72 Å². The van der Waals surface area contributed by atoms with Crippen LogP contribution in [0.2, 0.25) is 5.02 Å². The van der Waals surface area contributed by atoms with Crippen LogP contribution in [0.15, 0.2) is 53.4 Å². The summed E-state index contributed by atoms with van der Waals surface area (Å²) in [5, 5.41) is 0.440. The second kappa shape index (κ2) is 8.47. The van der Waals surface area contributed by atoms with Gasteiger partial charge in [0.15, 0.2) is 0 Å². The number of halogens is 1. The van der Waals surface area contributed by atoms with E-state index < -0.39 is 10.0 Å². The Balaban J connectivity index is 2.06. The molecule has 0 saturated heterocycles. The summed E-state index contributed by atoms with van der Waals surface area (Å²) < 4.78 is 27.2. The fourth-order valence-electron chi connectivity index (χ4n) is 2.40. The molecule has 1 N–H and O–H groups in total. The van der Waals surface area contributed by atoms with Crippen molar-refractivity contribution in [3.63, 3.8) is 0 Å². The second-order valence-corrected chi connectivity index (χ2v) is 7.69. The Bertz CT molecular complexity index is 836. The molecule has 0 spiro atoms. The van der Waals surface area contributed by atoms with Gasteiger partial charge in [-0.15, -0.1) is 0 Å². The fraction of sp³-hybridized carbons (Fsp3) is 0.278. The van der Waals surface area contributed by atoms with Gasteiger partial charge in [-0.1, -0.05) is 42.8 Å². The summed E-state index contributed by atoms with van der Waals surface area (Å²) in [5.41, 5.74) is 1.63. The van der Waals surface area contributed by atoms with Gasteiger partial charge in [0.05, 0.1) is 15.6 Å². The van der Waals surface area contributed by atoms with Gasteiger partial charge in [-0.3, -0.25) is 4.79 Å². The monoisotopic (exact) mass is 380 g/mol. The summed E-state index contributed by atoms with van der Waals surface area (Å²) in [6.45, 7) is 3.70. The number of hydrogen-bond donors (Lipinski definition) is 1. The van der Waals surface area contributed by atoms with Crippen molar-refractivity contribution in [3.8, 4) is 0 Å². The molecule has 0 aliphatic rings. The van der Waals surface area contributed by atoms with Crippen molar-refractivity contribution < 1.29 is 13.2 Å². The number of carbonyl (C=O) groups excluding carboxylic acids is 1. The number of amides is 1. The highest BCUT2D eigenvalue weighted by atomic mass is 35.5. The number of benzene rings is 2. The largest absolute Gasteiger partial charge is 0.310 e. The van der Waals surface area contributed by atoms with Crippen LogP contribution in [0.3, 0.4) is 0 Å². The van der Waals surface area contributed by atoms with E-state index in [0.717, 1.165) is 12.0 Å².